The van der Waals surface area contributed by atoms with Crippen LogP contribution in [0.15, 0.2) is 12.1 Å². The summed E-state index contributed by atoms with van der Waals surface area (Å²) in [6.45, 7) is 4.14. The first-order valence-corrected chi connectivity index (χ1v) is 12.3. The van der Waals surface area contributed by atoms with Gasteiger partial charge in [0.2, 0.25) is 11.8 Å². The highest BCUT2D eigenvalue weighted by molar-refractivity contribution is 7.18. The predicted molar refractivity (Wildman–Crippen MR) is 119 cm³/mol. The third-order valence-electron chi connectivity index (χ3n) is 6.17. The quantitative estimate of drug-likeness (QED) is 0.675. The Labute approximate surface area is 180 Å². The number of aromatic nitrogens is 1. The van der Waals surface area contributed by atoms with Crippen LogP contribution in [0.1, 0.15) is 61.1 Å². The highest BCUT2D eigenvalue weighted by Gasteiger charge is 2.30. The number of nitrogens with one attached hydrogen (secondary N) is 2. The second-order valence-corrected chi connectivity index (χ2v) is 10.9. The van der Waals surface area contributed by atoms with Crippen LogP contribution in [0.25, 0.3) is 10.6 Å². The molecule has 2 heterocycles. The van der Waals surface area contributed by atoms with E-state index in [1.807, 2.05) is 0 Å². The van der Waals surface area contributed by atoms with Crippen molar-refractivity contribution in [3.05, 3.63) is 21.9 Å². The van der Waals surface area contributed by atoms with Crippen molar-refractivity contribution in [1.29, 1.82) is 0 Å². The minimum atomic E-state index is 0.00581. The Bertz CT molecular complexity index is 875. The van der Waals surface area contributed by atoms with E-state index in [4.69, 9.17) is 0 Å². The number of anilines is 1. The molecule has 0 radical (unpaired) electrons. The molecule has 5 nitrogen and oxygen atoms in total. The smallest absolute Gasteiger partial charge is 0.229 e. The van der Waals surface area contributed by atoms with Crippen molar-refractivity contribution < 1.29 is 9.59 Å². The molecule has 2 saturated carbocycles. The van der Waals surface area contributed by atoms with Crippen molar-refractivity contribution >= 4 is 39.6 Å². The standard InChI is InChI=1S/C22H29N3O2S2/c1-13-7-12-18(28-13)19-14(2)29-22(24-19)25-21(27)16-8-10-17(11-9-16)23-20(26)15-5-3-4-6-15/h7,12,15-17H,3-6,8-11H2,1-2H3,(H,23,26)(H,24,25,27). The molecule has 2 aliphatic rings. The lowest BCUT2D eigenvalue weighted by Crippen LogP contribution is -2.41. The number of nitrogens with zero attached hydrogens (tertiary/aromatic N) is 1. The average molecular weight is 432 g/mol. The summed E-state index contributed by atoms with van der Waals surface area (Å²) in [6.07, 6.45) is 7.82. The van der Waals surface area contributed by atoms with E-state index in [0.29, 0.717) is 5.13 Å². The molecule has 0 saturated heterocycles. The second-order valence-electron chi connectivity index (χ2n) is 8.36. The van der Waals surface area contributed by atoms with Gasteiger partial charge in [-0.25, -0.2) is 4.98 Å². The largest absolute Gasteiger partial charge is 0.353 e. The van der Waals surface area contributed by atoms with Gasteiger partial charge in [0.25, 0.3) is 0 Å². The Balaban J connectivity index is 1.28. The van der Waals surface area contributed by atoms with Gasteiger partial charge in [0.05, 0.1) is 10.6 Å². The number of hydrogen-bond donors (Lipinski definition) is 2. The summed E-state index contributed by atoms with van der Waals surface area (Å²) in [7, 11) is 0. The van der Waals surface area contributed by atoms with Crippen molar-refractivity contribution in [2.24, 2.45) is 11.8 Å². The number of carbonyl (C=O) groups is 2. The number of rotatable bonds is 5. The van der Waals surface area contributed by atoms with E-state index in [0.717, 1.165) is 54.0 Å². The van der Waals surface area contributed by atoms with Crippen molar-refractivity contribution in [1.82, 2.24) is 10.3 Å². The Morgan fingerprint density at radius 2 is 1.62 bits per heavy atom. The van der Waals surface area contributed by atoms with E-state index >= 15 is 0 Å². The number of amides is 2. The third kappa shape index (κ3) is 4.89. The lowest BCUT2D eigenvalue weighted by Gasteiger charge is -2.29. The van der Waals surface area contributed by atoms with Crippen LogP contribution in [0.2, 0.25) is 0 Å². The Morgan fingerprint density at radius 1 is 0.931 bits per heavy atom. The molecule has 0 bridgehead atoms. The van der Waals surface area contributed by atoms with Gasteiger partial charge in [-0.15, -0.1) is 22.7 Å². The van der Waals surface area contributed by atoms with E-state index in [9.17, 15) is 9.59 Å². The van der Waals surface area contributed by atoms with Crippen molar-refractivity contribution in [3.8, 4) is 10.6 Å². The summed E-state index contributed by atoms with van der Waals surface area (Å²) >= 11 is 3.27. The zero-order valence-corrected chi connectivity index (χ0v) is 18.8. The van der Waals surface area contributed by atoms with Crippen LogP contribution in [0, 0.1) is 25.7 Å². The fraction of sp³-hybridized carbons (Fsp3) is 0.591. The van der Waals surface area contributed by atoms with E-state index in [-0.39, 0.29) is 29.7 Å². The first-order chi connectivity index (χ1) is 14.0. The molecule has 2 aromatic rings. The lowest BCUT2D eigenvalue weighted by molar-refractivity contribution is -0.125. The number of aryl methyl sites for hydroxylation is 2. The van der Waals surface area contributed by atoms with Crippen LogP contribution < -0.4 is 10.6 Å². The molecule has 0 aliphatic heterocycles. The van der Waals surface area contributed by atoms with Gasteiger partial charge in [0.15, 0.2) is 5.13 Å². The van der Waals surface area contributed by atoms with Crippen LogP contribution >= 0.6 is 22.7 Å². The van der Waals surface area contributed by atoms with E-state index in [1.54, 1.807) is 22.7 Å². The van der Waals surface area contributed by atoms with E-state index in [1.165, 1.54) is 17.7 Å². The molecule has 2 N–H and O–H groups in total. The fourth-order valence-electron chi connectivity index (χ4n) is 4.45. The maximum absolute atomic E-state index is 12.7. The van der Waals surface area contributed by atoms with Crippen LogP contribution in [0.5, 0.6) is 0 Å². The van der Waals surface area contributed by atoms with Crippen LogP contribution in [0.3, 0.4) is 0 Å². The molecule has 4 rings (SSSR count). The number of thiazole rings is 1. The van der Waals surface area contributed by atoms with E-state index < -0.39 is 0 Å². The molecule has 0 aromatic carbocycles. The molecule has 29 heavy (non-hydrogen) atoms. The zero-order chi connectivity index (χ0) is 20.4. The summed E-state index contributed by atoms with van der Waals surface area (Å²) < 4.78 is 0. The van der Waals surface area contributed by atoms with Crippen molar-refractivity contribution in [2.45, 2.75) is 71.3 Å². The monoisotopic (exact) mass is 431 g/mol. The van der Waals surface area contributed by atoms with Crippen LogP contribution in [-0.4, -0.2) is 22.8 Å². The lowest BCUT2D eigenvalue weighted by atomic mass is 9.85. The van der Waals surface area contributed by atoms with Crippen LogP contribution in [0.4, 0.5) is 5.13 Å². The third-order valence-corrected chi connectivity index (χ3v) is 8.06. The Hall–Kier alpha value is -1.73. The minimum absolute atomic E-state index is 0.00581. The molecule has 2 aromatic heterocycles. The van der Waals surface area contributed by atoms with Gasteiger partial charge < -0.3 is 10.6 Å². The summed E-state index contributed by atoms with van der Waals surface area (Å²) in [5, 5.41) is 6.94. The molecule has 0 unspecified atom stereocenters. The molecule has 0 atom stereocenters. The normalized spacial score (nSPS) is 22.6. The molecule has 0 spiro atoms. The number of carbonyl (C=O) groups excluding carboxylic acids is 2. The average Bonchev–Trinajstić information content (AvgIpc) is 3.44. The number of hydrogen-bond acceptors (Lipinski definition) is 5. The van der Waals surface area contributed by atoms with E-state index in [2.05, 4.69) is 41.6 Å². The van der Waals surface area contributed by atoms with Gasteiger partial charge in [-0.3, -0.25) is 9.59 Å². The fourth-order valence-corrected chi connectivity index (χ4v) is 6.26. The first-order valence-electron chi connectivity index (χ1n) is 10.6. The highest BCUT2D eigenvalue weighted by Crippen LogP contribution is 2.35. The first kappa shape index (κ1) is 20.5. The topological polar surface area (TPSA) is 71.1 Å². The molecule has 7 heteroatoms. The van der Waals surface area contributed by atoms with Gasteiger partial charge in [0, 0.05) is 27.6 Å². The highest BCUT2D eigenvalue weighted by atomic mass is 32.1. The van der Waals surface area contributed by atoms with Gasteiger partial charge >= 0.3 is 0 Å². The van der Waals surface area contributed by atoms with Crippen LogP contribution in [-0.2, 0) is 9.59 Å². The summed E-state index contributed by atoms with van der Waals surface area (Å²) in [6, 6.07) is 4.42. The van der Waals surface area contributed by atoms with Crippen molar-refractivity contribution in [3.63, 3.8) is 0 Å². The van der Waals surface area contributed by atoms with Gasteiger partial charge in [-0.2, -0.15) is 0 Å². The summed E-state index contributed by atoms with van der Waals surface area (Å²) in [5.41, 5.74) is 0.974. The Kier molecular flexibility index (Phi) is 6.35. The van der Waals surface area contributed by atoms with Gasteiger partial charge in [-0.1, -0.05) is 12.8 Å². The van der Waals surface area contributed by atoms with Gasteiger partial charge in [-0.05, 0) is 64.5 Å². The minimum Gasteiger partial charge on any atom is -0.353 e. The zero-order valence-electron chi connectivity index (χ0n) is 17.1. The van der Waals surface area contributed by atoms with Gasteiger partial charge in [0.1, 0.15) is 0 Å². The predicted octanol–water partition coefficient (Wildman–Crippen LogP) is 5.29. The molecule has 2 fully saturated rings. The second kappa shape index (κ2) is 8.96. The molecule has 2 aliphatic carbocycles. The van der Waals surface area contributed by atoms with Crippen molar-refractivity contribution in [2.75, 3.05) is 5.32 Å². The molecule has 2 amide bonds. The SMILES string of the molecule is Cc1ccc(-c2nc(NC(=O)C3CCC(NC(=O)C4CCCC4)CC3)sc2C)s1. The molecular formula is C22H29N3O2S2. The maximum atomic E-state index is 12.7. The molecular weight excluding hydrogens is 402 g/mol. The maximum Gasteiger partial charge on any atom is 0.229 e. The molecule has 156 valence electrons. The summed E-state index contributed by atoms with van der Waals surface area (Å²) in [5.74, 6) is 0.509. The Morgan fingerprint density at radius 3 is 2.28 bits per heavy atom. The summed E-state index contributed by atoms with van der Waals surface area (Å²) in [4.78, 5) is 33.3. The number of thiophene rings is 1.